The molecule has 0 aliphatic carbocycles. The Hall–Kier alpha value is -4.33. The molecule has 1 heterocycles. The number of ketones is 1. The molecular weight excluding hydrogens is 575 g/mol. The molecule has 1 saturated heterocycles. The molecule has 214 valence electrons. The van der Waals surface area contributed by atoms with Gasteiger partial charge >= 0.3 is 6.21 Å². The average molecular weight is 604 g/mol. The van der Waals surface area contributed by atoms with E-state index >= 15 is 0 Å². The highest BCUT2D eigenvalue weighted by Gasteiger charge is 2.48. The van der Waals surface area contributed by atoms with Gasteiger partial charge in [0.2, 0.25) is 10.0 Å². The van der Waals surface area contributed by atoms with Crippen LogP contribution in [0.1, 0.15) is 23.1 Å². The minimum Gasteiger partial charge on any atom is -0.361 e. The fourth-order valence-corrected chi connectivity index (χ4v) is 9.57. The zero-order valence-electron chi connectivity index (χ0n) is 23.2. The molecular formula is C35H29N3O3S2. The van der Waals surface area contributed by atoms with E-state index in [0.717, 1.165) is 33.7 Å². The Morgan fingerprint density at radius 2 is 1.28 bits per heavy atom. The monoisotopic (exact) mass is 603 g/mol. The molecule has 2 unspecified atom stereocenters. The van der Waals surface area contributed by atoms with E-state index in [0.29, 0.717) is 0 Å². The van der Waals surface area contributed by atoms with Crippen LogP contribution in [-0.2, 0) is 19.6 Å². The average Bonchev–Trinajstić information content (AvgIpc) is 3.50. The molecule has 0 bridgehead atoms. The minimum atomic E-state index is -4.07. The molecule has 0 radical (unpaired) electrons. The Morgan fingerprint density at radius 1 is 0.767 bits per heavy atom. The molecule has 1 fully saturated rings. The lowest BCUT2D eigenvalue weighted by Crippen LogP contribution is -2.41. The van der Waals surface area contributed by atoms with Gasteiger partial charge in [-0.1, -0.05) is 121 Å². The summed E-state index contributed by atoms with van der Waals surface area (Å²) in [5, 5.41) is 1.45. The van der Waals surface area contributed by atoms with Crippen LogP contribution in [-0.4, -0.2) is 47.3 Å². The van der Waals surface area contributed by atoms with Crippen molar-refractivity contribution in [3.8, 4) is 0 Å². The summed E-state index contributed by atoms with van der Waals surface area (Å²) < 4.78 is 28.9. The van der Waals surface area contributed by atoms with Gasteiger partial charge in [-0.15, -0.1) is 11.8 Å². The molecule has 5 aromatic carbocycles. The summed E-state index contributed by atoms with van der Waals surface area (Å²) in [6.07, 6.45) is 1.07. The molecule has 6 nitrogen and oxygen atoms in total. The number of carbonyl (C=O) groups is 1. The lowest BCUT2D eigenvalue weighted by Gasteiger charge is -2.37. The molecule has 0 spiro atoms. The van der Waals surface area contributed by atoms with Crippen LogP contribution >= 0.6 is 11.8 Å². The number of nitrogens with zero attached hydrogens (tertiary/aromatic N) is 3. The number of thioether (sulfide) groups is 1. The molecule has 1 aliphatic rings. The van der Waals surface area contributed by atoms with Gasteiger partial charge in [-0.2, -0.15) is 9.10 Å². The predicted molar refractivity (Wildman–Crippen MR) is 172 cm³/mol. The summed E-state index contributed by atoms with van der Waals surface area (Å²) in [5.41, 5.74) is 12.3. The van der Waals surface area contributed by atoms with Crippen LogP contribution in [0.15, 0.2) is 138 Å². The molecule has 6 rings (SSSR count). The largest absolute Gasteiger partial charge is 0.361 e. The third-order valence-electron chi connectivity index (χ3n) is 7.94. The zero-order valence-corrected chi connectivity index (χ0v) is 24.9. The summed E-state index contributed by atoms with van der Waals surface area (Å²) in [6.45, 7) is 0.115. The molecule has 0 saturated carbocycles. The van der Waals surface area contributed by atoms with E-state index in [4.69, 9.17) is 0 Å². The SMILES string of the molecule is [N-]=[N+]=CC(=O)C1CC(SC(c2ccccc2)(c2ccccc2)c2ccccc2)CN1S(=O)(=O)c1ccc2ccccc2c1. The summed E-state index contributed by atoms with van der Waals surface area (Å²) in [6, 6.07) is 42.1. The highest BCUT2D eigenvalue weighted by molar-refractivity contribution is 8.01. The fraction of sp³-hybridized carbons (Fsp3) is 0.143. The van der Waals surface area contributed by atoms with E-state index in [9.17, 15) is 18.7 Å². The van der Waals surface area contributed by atoms with Crippen LogP contribution in [0.2, 0.25) is 0 Å². The van der Waals surface area contributed by atoms with Gasteiger partial charge in [-0.3, -0.25) is 4.79 Å². The third kappa shape index (κ3) is 5.46. The lowest BCUT2D eigenvalue weighted by atomic mass is 9.84. The first-order chi connectivity index (χ1) is 20.9. The van der Waals surface area contributed by atoms with Crippen molar-refractivity contribution >= 4 is 44.6 Å². The topological polar surface area (TPSA) is 90.8 Å². The second kappa shape index (κ2) is 12.1. The van der Waals surface area contributed by atoms with E-state index in [1.165, 1.54) is 4.31 Å². The summed E-state index contributed by atoms with van der Waals surface area (Å²) >= 11 is 1.65. The van der Waals surface area contributed by atoms with Crippen molar-refractivity contribution in [3.63, 3.8) is 0 Å². The second-order valence-electron chi connectivity index (χ2n) is 10.5. The number of hydrogen-bond acceptors (Lipinski definition) is 4. The number of fused-ring (bicyclic) bond motifs is 1. The van der Waals surface area contributed by atoms with E-state index in [2.05, 4.69) is 41.2 Å². The maximum absolute atomic E-state index is 14.2. The van der Waals surface area contributed by atoms with E-state index < -0.39 is 26.6 Å². The van der Waals surface area contributed by atoms with Crippen LogP contribution in [0, 0.1) is 0 Å². The van der Waals surface area contributed by atoms with Crippen LogP contribution in [0.25, 0.3) is 16.3 Å². The van der Waals surface area contributed by atoms with Gasteiger partial charge < -0.3 is 5.53 Å². The Kier molecular flexibility index (Phi) is 8.10. The van der Waals surface area contributed by atoms with Gasteiger partial charge in [0, 0.05) is 11.8 Å². The van der Waals surface area contributed by atoms with Crippen molar-refractivity contribution in [1.82, 2.24) is 4.31 Å². The van der Waals surface area contributed by atoms with E-state index in [-0.39, 0.29) is 23.1 Å². The number of benzene rings is 5. The quantitative estimate of drug-likeness (QED) is 0.0825. The first-order valence-electron chi connectivity index (χ1n) is 14.0. The number of Topliss-reactive ketones (excluding diaryl/α,β-unsaturated/α-hetero) is 1. The minimum absolute atomic E-state index is 0.115. The van der Waals surface area contributed by atoms with Crippen molar-refractivity contribution < 1.29 is 18.0 Å². The van der Waals surface area contributed by atoms with Crippen molar-refractivity contribution in [2.45, 2.75) is 27.4 Å². The third-order valence-corrected chi connectivity index (χ3v) is 11.5. The van der Waals surface area contributed by atoms with Gasteiger partial charge in [0.25, 0.3) is 5.78 Å². The summed E-state index contributed by atoms with van der Waals surface area (Å²) in [5.74, 6) is -0.556. The summed E-state index contributed by atoms with van der Waals surface area (Å²) in [7, 11) is -4.07. The number of carbonyl (C=O) groups excluding carboxylic acids is 1. The van der Waals surface area contributed by atoms with Crippen LogP contribution in [0.5, 0.6) is 0 Å². The molecule has 43 heavy (non-hydrogen) atoms. The zero-order chi connectivity index (χ0) is 29.9. The van der Waals surface area contributed by atoms with Crippen molar-refractivity contribution in [2.75, 3.05) is 6.54 Å². The maximum atomic E-state index is 14.2. The predicted octanol–water partition coefficient (Wildman–Crippen LogP) is 6.57. The highest BCUT2D eigenvalue weighted by Crippen LogP contribution is 2.52. The van der Waals surface area contributed by atoms with Gasteiger partial charge in [0.15, 0.2) is 0 Å². The smallest absolute Gasteiger partial charge is 0.324 e. The molecule has 5 aromatic rings. The number of hydrogen-bond donors (Lipinski definition) is 0. The Bertz CT molecular complexity index is 1810. The van der Waals surface area contributed by atoms with Crippen LogP contribution < -0.4 is 0 Å². The van der Waals surface area contributed by atoms with Crippen molar-refractivity contribution in [1.29, 1.82) is 0 Å². The van der Waals surface area contributed by atoms with Gasteiger partial charge in [-0.25, -0.2) is 8.42 Å². The van der Waals surface area contributed by atoms with Gasteiger partial charge in [-0.05, 0) is 46.0 Å². The van der Waals surface area contributed by atoms with Crippen molar-refractivity contribution in [3.05, 3.63) is 156 Å². The summed E-state index contributed by atoms with van der Waals surface area (Å²) in [4.78, 5) is 16.3. The Labute approximate surface area is 255 Å². The van der Waals surface area contributed by atoms with Crippen molar-refractivity contribution in [2.24, 2.45) is 0 Å². The molecule has 0 amide bonds. The first-order valence-corrected chi connectivity index (χ1v) is 16.3. The number of sulfonamides is 1. The molecule has 0 aromatic heterocycles. The van der Waals surface area contributed by atoms with Crippen LogP contribution in [0.4, 0.5) is 0 Å². The Morgan fingerprint density at radius 3 is 1.81 bits per heavy atom. The lowest BCUT2D eigenvalue weighted by molar-refractivity contribution is -0.118. The number of rotatable bonds is 9. The maximum Gasteiger partial charge on any atom is 0.324 e. The molecule has 2 atom stereocenters. The first kappa shape index (κ1) is 28.8. The molecule has 1 aliphatic heterocycles. The Balaban J connectivity index is 1.46. The second-order valence-corrected chi connectivity index (χ2v) is 13.9. The molecule has 8 heteroatoms. The van der Waals surface area contributed by atoms with Gasteiger partial charge in [0.1, 0.15) is 0 Å². The standard InChI is InChI=1S/C35H29N3O3S2/c36-37-24-34(39)33-23-31(25-38(33)43(40,41)32-21-20-26-12-10-11-13-27(26)22-32)42-35(28-14-4-1-5-15-28,29-16-6-2-7-17-29)30-18-8-3-9-19-30/h1-22,24,31,33H,23,25H2. The van der Waals surface area contributed by atoms with Crippen LogP contribution in [0.3, 0.4) is 0 Å². The fourth-order valence-electron chi connectivity index (χ4n) is 5.96. The van der Waals surface area contributed by atoms with E-state index in [1.807, 2.05) is 78.9 Å². The normalized spacial score (nSPS) is 17.4. The highest BCUT2D eigenvalue weighted by atomic mass is 32.2. The van der Waals surface area contributed by atoms with Gasteiger partial charge in [0.05, 0.1) is 15.7 Å². The van der Waals surface area contributed by atoms with E-state index in [1.54, 1.807) is 30.0 Å². The molecule has 0 N–H and O–H groups in total.